The van der Waals surface area contributed by atoms with Crippen molar-refractivity contribution in [2.75, 3.05) is 25.5 Å². The Morgan fingerprint density at radius 2 is 1.96 bits per heavy atom. The minimum atomic E-state index is -3.54. The van der Waals surface area contributed by atoms with Gasteiger partial charge in [-0.1, -0.05) is 24.3 Å². The number of sulfonamides is 1. The van der Waals surface area contributed by atoms with Crippen molar-refractivity contribution in [3.05, 3.63) is 35.4 Å². The van der Waals surface area contributed by atoms with Gasteiger partial charge in [-0.25, -0.2) is 8.42 Å². The summed E-state index contributed by atoms with van der Waals surface area (Å²) in [5, 5.41) is 0. The third kappa shape index (κ3) is 3.41. The van der Waals surface area contributed by atoms with Crippen LogP contribution < -0.4 is 5.73 Å². The van der Waals surface area contributed by atoms with Crippen LogP contribution in [-0.2, 0) is 26.0 Å². The lowest BCUT2D eigenvalue weighted by atomic mass is 9.94. The Morgan fingerprint density at radius 1 is 1.26 bits per heavy atom. The van der Waals surface area contributed by atoms with Crippen LogP contribution in [0, 0.1) is 5.92 Å². The van der Waals surface area contributed by atoms with Crippen molar-refractivity contribution in [1.82, 2.24) is 4.31 Å². The highest BCUT2D eigenvalue weighted by molar-refractivity contribution is 7.89. The predicted molar refractivity (Wildman–Crippen MR) is 86.1 cm³/mol. The maximum Gasteiger partial charge on any atom is 0.240 e. The maximum absolute atomic E-state index is 12.9. The van der Waals surface area contributed by atoms with E-state index in [1.165, 1.54) is 4.31 Å². The highest BCUT2D eigenvalue weighted by Crippen LogP contribution is 2.33. The van der Waals surface area contributed by atoms with Gasteiger partial charge in [-0.3, -0.25) is 4.79 Å². The van der Waals surface area contributed by atoms with E-state index in [-0.39, 0.29) is 11.7 Å². The fourth-order valence-electron chi connectivity index (χ4n) is 3.45. The van der Waals surface area contributed by atoms with Crippen molar-refractivity contribution < 1.29 is 17.9 Å². The van der Waals surface area contributed by atoms with E-state index in [2.05, 4.69) is 0 Å². The van der Waals surface area contributed by atoms with Crippen LogP contribution in [0.25, 0.3) is 0 Å². The Balaban J connectivity index is 1.87. The van der Waals surface area contributed by atoms with Crippen LogP contribution in [0.2, 0.25) is 0 Å². The van der Waals surface area contributed by atoms with Gasteiger partial charge in [-0.15, -0.1) is 0 Å². The van der Waals surface area contributed by atoms with Gasteiger partial charge < -0.3 is 10.5 Å². The average molecular weight is 338 g/mol. The number of carbonyl (C=O) groups is 1. The summed E-state index contributed by atoms with van der Waals surface area (Å²) in [7, 11) is -3.54. The van der Waals surface area contributed by atoms with E-state index in [0.717, 1.165) is 18.4 Å². The first kappa shape index (κ1) is 16.4. The summed E-state index contributed by atoms with van der Waals surface area (Å²) in [6.45, 7) is 1.50. The van der Waals surface area contributed by atoms with E-state index in [0.29, 0.717) is 31.7 Å². The lowest BCUT2D eigenvalue weighted by Gasteiger charge is -2.35. The van der Waals surface area contributed by atoms with Gasteiger partial charge in [0, 0.05) is 19.8 Å². The number of nitrogens with two attached hydrogens (primary N) is 1. The quantitative estimate of drug-likeness (QED) is 0.880. The van der Waals surface area contributed by atoms with E-state index in [1.807, 2.05) is 18.2 Å². The van der Waals surface area contributed by atoms with Crippen LogP contribution in [-0.4, -0.2) is 44.1 Å². The third-order valence-corrected chi connectivity index (χ3v) is 6.65. The molecule has 1 fully saturated rings. The lowest BCUT2D eigenvalue weighted by Crippen LogP contribution is -2.47. The van der Waals surface area contributed by atoms with Crippen molar-refractivity contribution in [2.24, 2.45) is 11.7 Å². The second-order valence-electron chi connectivity index (χ2n) is 6.20. The number of primary amides is 1. The molecule has 6 nitrogen and oxygen atoms in total. The zero-order valence-corrected chi connectivity index (χ0v) is 13.8. The van der Waals surface area contributed by atoms with Crippen molar-refractivity contribution in [3.8, 4) is 0 Å². The molecule has 0 saturated carbocycles. The highest BCUT2D eigenvalue weighted by atomic mass is 32.2. The van der Waals surface area contributed by atoms with Crippen LogP contribution in [0.5, 0.6) is 0 Å². The molecular weight excluding hydrogens is 316 g/mol. The summed E-state index contributed by atoms with van der Waals surface area (Å²) < 4.78 is 32.3. The van der Waals surface area contributed by atoms with E-state index < -0.39 is 22.0 Å². The fourth-order valence-corrected chi connectivity index (χ4v) is 5.47. The Morgan fingerprint density at radius 3 is 2.65 bits per heavy atom. The summed E-state index contributed by atoms with van der Waals surface area (Å²) >= 11 is 0. The van der Waals surface area contributed by atoms with Gasteiger partial charge in [0.05, 0.1) is 5.75 Å². The normalized spacial score (nSPS) is 23.4. The number of hydrogen-bond acceptors (Lipinski definition) is 4. The van der Waals surface area contributed by atoms with E-state index in [1.54, 1.807) is 6.07 Å². The molecule has 3 rings (SSSR count). The van der Waals surface area contributed by atoms with Gasteiger partial charge >= 0.3 is 0 Å². The van der Waals surface area contributed by atoms with Crippen molar-refractivity contribution in [2.45, 2.75) is 25.3 Å². The number of nitrogens with zero attached hydrogens (tertiary/aromatic N) is 1. The first-order valence-electron chi connectivity index (χ1n) is 7.93. The first-order chi connectivity index (χ1) is 11.0. The standard InChI is InChI=1S/C16H22N2O4S/c17-16(19)15-14-4-2-1-3-13(14)5-8-18(15)23(20,21)11-12-6-9-22-10-7-12/h1-4,12,15H,5-11H2,(H2,17,19). The zero-order chi connectivity index (χ0) is 16.4. The Bertz CT molecular complexity index is 683. The van der Waals surface area contributed by atoms with Gasteiger partial charge in [0.1, 0.15) is 6.04 Å². The molecule has 1 atom stereocenters. The topological polar surface area (TPSA) is 89.7 Å². The first-order valence-corrected chi connectivity index (χ1v) is 9.54. The minimum Gasteiger partial charge on any atom is -0.381 e. The molecule has 2 N–H and O–H groups in total. The Kier molecular flexibility index (Phi) is 4.70. The van der Waals surface area contributed by atoms with Crippen LogP contribution in [0.4, 0.5) is 0 Å². The molecule has 0 radical (unpaired) electrons. The highest BCUT2D eigenvalue weighted by Gasteiger charge is 2.39. The second-order valence-corrected chi connectivity index (χ2v) is 8.16. The van der Waals surface area contributed by atoms with Crippen LogP contribution in [0.3, 0.4) is 0 Å². The molecule has 1 unspecified atom stereocenters. The number of carbonyl (C=O) groups excluding carboxylic acids is 1. The summed E-state index contributed by atoms with van der Waals surface area (Å²) in [5.41, 5.74) is 7.24. The largest absolute Gasteiger partial charge is 0.381 e. The van der Waals surface area contributed by atoms with E-state index in [9.17, 15) is 13.2 Å². The van der Waals surface area contributed by atoms with Crippen molar-refractivity contribution >= 4 is 15.9 Å². The predicted octanol–water partition coefficient (Wildman–Crippen LogP) is 0.827. The van der Waals surface area contributed by atoms with E-state index >= 15 is 0 Å². The van der Waals surface area contributed by atoms with Crippen molar-refractivity contribution in [3.63, 3.8) is 0 Å². The molecule has 0 aliphatic carbocycles. The van der Waals surface area contributed by atoms with Crippen LogP contribution in [0.1, 0.15) is 30.0 Å². The number of fused-ring (bicyclic) bond motifs is 1. The van der Waals surface area contributed by atoms with E-state index in [4.69, 9.17) is 10.5 Å². The molecular formula is C16H22N2O4S. The number of benzene rings is 1. The molecule has 0 aromatic heterocycles. The summed E-state index contributed by atoms with van der Waals surface area (Å²) in [6, 6.07) is 6.52. The lowest BCUT2D eigenvalue weighted by molar-refractivity contribution is -0.122. The zero-order valence-electron chi connectivity index (χ0n) is 13.0. The average Bonchev–Trinajstić information content (AvgIpc) is 2.54. The smallest absolute Gasteiger partial charge is 0.240 e. The molecule has 2 heterocycles. The summed E-state index contributed by atoms with van der Waals surface area (Å²) in [4.78, 5) is 12.0. The monoisotopic (exact) mass is 338 g/mol. The van der Waals surface area contributed by atoms with Crippen LogP contribution in [0.15, 0.2) is 24.3 Å². The molecule has 0 bridgehead atoms. The molecule has 2 aliphatic heterocycles. The van der Waals surface area contributed by atoms with Crippen molar-refractivity contribution in [1.29, 1.82) is 0 Å². The molecule has 0 spiro atoms. The summed E-state index contributed by atoms with van der Waals surface area (Å²) in [6.07, 6.45) is 2.09. The number of amides is 1. The Hall–Kier alpha value is -1.44. The van der Waals surface area contributed by atoms with Gasteiger partial charge in [-0.2, -0.15) is 4.31 Å². The second kappa shape index (κ2) is 6.59. The molecule has 1 amide bonds. The number of rotatable bonds is 4. The minimum absolute atomic E-state index is 0.0578. The number of hydrogen-bond donors (Lipinski definition) is 1. The molecule has 126 valence electrons. The van der Waals surface area contributed by atoms with Gasteiger partial charge in [0.25, 0.3) is 0 Å². The Labute approximate surface area is 136 Å². The molecule has 1 aromatic rings. The van der Waals surface area contributed by atoms with Crippen LogP contribution >= 0.6 is 0 Å². The molecule has 2 aliphatic rings. The summed E-state index contributed by atoms with van der Waals surface area (Å²) in [5.74, 6) is -0.477. The SMILES string of the molecule is NC(=O)C1c2ccccc2CCN1S(=O)(=O)CC1CCOCC1. The maximum atomic E-state index is 12.9. The van der Waals surface area contributed by atoms with Gasteiger partial charge in [0.2, 0.25) is 15.9 Å². The third-order valence-electron chi connectivity index (χ3n) is 4.65. The van der Waals surface area contributed by atoms with Gasteiger partial charge in [0.15, 0.2) is 0 Å². The number of ether oxygens (including phenoxy) is 1. The molecule has 1 saturated heterocycles. The molecule has 1 aromatic carbocycles. The fraction of sp³-hybridized carbons (Fsp3) is 0.562. The molecule has 7 heteroatoms. The molecule has 23 heavy (non-hydrogen) atoms. The van der Waals surface area contributed by atoms with Gasteiger partial charge in [-0.05, 0) is 36.3 Å².